The number of fused-ring (bicyclic) bond motifs is 7. The summed E-state index contributed by atoms with van der Waals surface area (Å²) >= 11 is 0. The van der Waals surface area contributed by atoms with Gasteiger partial charge in [0.1, 0.15) is 0 Å². The van der Waals surface area contributed by atoms with Gasteiger partial charge in [-0.15, -0.1) is 0 Å². The van der Waals surface area contributed by atoms with Gasteiger partial charge in [-0.3, -0.25) is 0 Å². The molecule has 11 rings (SSSR count). The number of aromatic nitrogens is 5. The maximum Gasteiger partial charge on any atom is 0.164 e. The lowest BCUT2D eigenvalue weighted by molar-refractivity contribution is 1.07. The van der Waals surface area contributed by atoms with E-state index in [9.17, 15) is 0 Å². The summed E-state index contributed by atoms with van der Waals surface area (Å²) in [5, 5.41) is 4.83. The van der Waals surface area contributed by atoms with Crippen molar-refractivity contribution in [3.05, 3.63) is 200 Å². The summed E-state index contributed by atoms with van der Waals surface area (Å²) in [5.41, 5.74) is 12.0. The van der Waals surface area contributed by atoms with E-state index < -0.39 is 0 Å². The van der Waals surface area contributed by atoms with Crippen molar-refractivity contribution in [3.63, 3.8) is 0 Å². The van der Waals surface area contributed by atoms with E-state index in [0.29, 0.717) is 17.5 Å². The summed E-state index contributed by atoms with van der Waals surface area (Å²) in [5.74, 6) is 1.91. The van der Waals surface area contributed by atoms with E-state index in [0.717, 1.165) is 39.1 Å². The minimum absolute atomic E-state index is 0.626. The van der Waals surface area contributed by atoms with Crippen molar-refractivity contribution in [2.75, 3.05) is 0 Å². The lowest BCUT2D eigenvalue weighted by Gasteiger charge is -2.12. The first kappa shape index (κ1) is 31.9. The summed E-state index contributed by atoms with van der Waals surface area (Å²) in [6.45, 7) is 0. The molecule has 0 bridgehead atoms. The Hall–Kier alpha value is -7.63. The molecule has 0 amide bonds. The smallest absolute Gasteiger partial charge is 0.164 e. The third kappa shape index (κ3) is 5.21. The maximum absolute atomic E-state index is 5.06. The van der Waals surface area contributed by atoms with Crippen LogP contribution in [-0.2, 0) is 0 Å². The van der Waals surface area contributed by atoms with E-state index in [1.54, 1.807) is 0 Å². The van der Waals surface area contributed by atoms with Crippen molar-refractivity contribution in [1.82, 2.24) is 24.1 Å². The number of para-hydroxylation sites is 2. The van der Waals surface area contributed by atoms with Crippen molar-refractivity contribution in [2.24, 2.45) is 0 Å². The molecule has 0 spiro atoms. The minimum Gasteiger partial charge on any atom is -0.309 e. The quantitative estimate of drug-likeness (QED) is 0.172. The predicted octanol–water partition coefficient (Wildman–Crippen LogP) is 12.7. The summed E-state index contributed by atoms with van der Waals surface area (Å²) in [6, 6.07) is 70.4. The first-order valence-corrected chi connectivity index (χ1v) is 18.9. The minimum atomic E-state index is 0.626. The third-order valence-corrected chi connectivity index (χ3v) is 10.8. The maximum atomic E-state index is 5.06. The average Bonchev–Trinajstić information content (AvgIpc) is 3.80. The Kier molecular flexibility index (Phi) is 7.42. The van der Waals surface area contributed by atoms with Gasteiger partial charge < -0.3 is 9.13 Å². The fraction of sp³-hybridized carbons (Fsp3) is 0. The molecule has 0 unspecified atom stereocenters. The largest absolute Gasteiger partial charge is 0.309 e. The van der Waals surface area contributed by atoms with E-state index in [1.165, 1.54) is 43.7 Å². The van der Waals surface area contributed by atoms with Crippen LogP contribution in [0.15, 0.2) is 200 Å². The van der Waals surface area contributed by atoms with Crippen LogP contribution in [0.25, 0.3) is 100 Å². The van der Waals surface area contributed by atoms with Crippen LogP contribution in [-0.4, -0.2) is 24.1 Å². The van der Waals surface area contributed by atoms with Gasteiger partial charge >= 0.3 is 0 Å². The molecule has 3 aromatic heterocycles. The van der Waals surface area contributed by atoms with E-state index in [4.69, 9.17) is 15.0 Å². The molecule has 0 radical (unpaired) electrons. The molecule has 8 aromatic carbocycles. The normalized spacial score (nSPS) is 11.6. The van der Waals surface area contributed by atoms with Crippen LogP contribution < -0.4 is 0 Å². The zero-order chi connectivity index (χ0) is 37.0. The molecule has 0 atom stereocenters. The highest BCUT2D eigenvalue weighted by atomic mass is 15.0. The Morgan fingerprint density at radius 2 is 0.786 bits per heavy atom. The van der Waals surface area contributed by atoms with Gasteiger partial charge in [-0.25, -0.2) is 15.0 Å². The summed E-state index contributed by atoms with van der Waals surface area (Å²) in [4.78, 5) is 15.1. The van der Waals surface area contributed by atoms with Crippen LogP contribution in [0.2, 0.25) is 0 Å². The zero-order valence-corrected chi connectivity index (χ0v) is 30.3. The molecule has 262 valence electrons. The first-order chi connectivity index (χ1) is 27.8. The van der Waals surface area contributed by atoms with E-state index in [-0.39, 0.29) is 0 Å². The number of rotatable bonds is 6. The highest BCUT2D eigenvalue weighted by Crippen LogP contribution is 2.42. The highest BCUT2D eigenvalue weighted by Gasteiger charge is 2.21. The van der Waals surface area contributed by atoms with Crippen molar-refractivity contribution in [1.29, 1.82) is 0 Å². The molecule has 0 aliphatic rings. The van der Waals surface area contributed by atoms with Crippen LogP contribution in [0, 0.1) is 0 Å². The number of hydrogen-bond acceptors (Lipinski definition) is 3. The summed E-state index contributed by atoms with van der Waals surface area (Å²) in [6.07, 6.45) is 0. The van der Waals surface area contributed by atoms with Crippen LogP contribution in [0.4, 0.5) is 0 Å². The third-order valence-electron chi connectivity index (χ3n) is 10.8. The average molecular weight is 716 g/mol. The van der Waals surface area contributed by atoms with Gasteiger partial charge in [0.25, 0.3) is 0 Å². The Morgan fingerprint density at radius 3 is 1.43 bits per heavy atom. The zero-order valence-electron chi connectivity index (χ0n) is 30.3. The molecule has 3 heterocycles. The van der Waals surface area contributed by atoms with E-state index in [1.807, 2.05) is 60.7 Å². The fourth-order valence-corrected chi connectivity index (χ4v) is 8.21. The predicted molar refractivity (Wildman–Crippen MR) is 230 cm³/mol. The van der Waals surface area contributed by atoms with Gasteiger partial charge in [0.2, 0.25) is 0 Å². The second kappa shape index (κ2) is 13.0. The van der Waals surface area contributed by atoms with E-state index >= 15 is 0 Å². The molecule has 0 saturated carbocycles. The van der Waals surface area contributed by atoms with Gasteiger partial charge in [0.05, 0.1) is 22.1 Å². The first-order valence-electron chi connectivity index (χ1n) is 18.9. The van der Waals surface area contributed by atoms with Gasteiger partial charge in [-0.2, -0.15) is 0 Å². The molecule has 11 aromatic rings. The fourth-order valence-electron chi connectivity index (χ4n) is 8.21. The molecular weight excluding hydrogens is 683 g/mol. The summed E-state index contributed by atoms with van der Waals surface area (Å²) < 4.78 is 4.82. The van der Waals surface area contributed by atoms with Gasteiger partial charge in [0.15, 0.2) is 17.5 Å². The molecule has 0 saturated heterocycles. The van der Waals surface area contributed by atoms with E-state index in [2.05, 4.69) is 149 Å². The topological polar surface area (TPSA) is 48.5 Å². The van der Waals surface area contributed by atoms with Crippen molar-refractivity contribution < 1.29 is 0 Å². The summed E-state index contributed by atoms with van der Waals surface area (Å²) in [7, 11) is 0. The monoisotopic (exact) mass is 715 g/mol. The molecular formula is C51H33N5. The molecule has 0 aliphatic carbocycles. The molecule has 56 heavy (non-hydrogen) atoms. The van der Waals surface area contributed by atoms with Crippen LogP contribution >= 0.6 is 0 Å². The van der Waals surface area contributed by atoms with Crippen molar-refractivity contribution >= 4 is 43.6 Å². The van der Waals surface area contributed by atoms with Gasteiger partial charge in [-0.05, 0) is 53.6 Å². The SMILES string of the molecule is c1ccc(-c2ccc(-n3c4ccccc4c4c3ccc3c5ccccc5n(-c5cccc(-c6nc(-c7ccccc7)nc(-c7ccccc7)n6)c5)c34)cc2)cc1. The second-order valence-corrected chi connectivity index (χ2v) is 14.1. The lowest BCUT2D eigenvalue weighted by Crippen LogP contribution is -2.01. The Balaban J connectivity index is 1.14. The molecule has 0 N–H and O–H groups in total. The molecule has 5 nitrogen and oxygen atoms in total. The van der Waals surface area contributed by atoms with Crippen molar-refractivity contribution in [2.45, 2.75) is 0 Å². The number of hydrogen-bond donors (Lipinski definition) is 0. The van der Waals surface area contributed by atoms with Gasteiger partial charge in [0, 0.05) is 49.6 Å². The van der Waals surface area contributed by atoms with Gasteiger partial charge in [-0.1, -0.05) is 158 Å². The molecule has 0 fully saturated rings. The second-order valence-electron chi connectivity index (χ2n) is 14.1. The standard InChI is InChI=1S/C51H33N5/c1-4-15-34(16-5-1)35-27-29-39(30-28-35)55-45-26-13-11-24-43(45)47-46(55)32-31-42-41-23-10-12-25-44(41)56(48(42)47)40-22-14-21-38(33-40)51-53-49(36-17-6-2-7-18-36)52-50(54-51)37-19-8-3-9-20-37/h1-33H. The Morgan fingerprint density at radius 1 is 0.286 bits per heavy atom. The van der Waals surface area contributed by atoms with Crippen molar-refractivity contribution in [3.8, 4) is 56.7 Å². The lowest BCUT2D eigenvalue weighted by atomic mass is 10.1. The van der Waals surface area contributed by atoms with Crippen LogP contribution in [0.3, 0.4) is 0 Å². The Labute approximate surface area is 323 Å². The van der Waals surface area contributed by atoms with Crippen LogP contribution in [0.1, 0.15) is 0 Å². The highest BCUT2D eigenvalue weighted by molar-refractivity contribution is 6.26. The Bertz CT molecular complexity index is 3160. The number of nitrogens with zero attached hydrogens (tertiary/aromatic N) is 5. The number of benzene rings is 8. The molecule has 5 heteroatoms. The van der Waals surface area contributed by atoms with Crippen LogP contribution in [0.5, 0.6) is 0 Å². The molecule has 0 aliphatic heterocycles.